The van der Waals surface area contributed by atoms with Crippen molar-refractivity contribution >= 4 is 12.0 Å². The second kappa shape index (κ2) is 14.6. The number of nitrogens with one attached hydrogen (secondary N) is 2. The van der Waals surface area contributed by atoms with Gasteiger partial charge in [0.15, 0.2) is 0 Å². The zero-order valence-corrected chi connectivity index (χ0v) is 25.3. The molecule has 0 bridgehead atoms. The minimum Gasteiger partial charge on any atom is -0.445 e. The minimum atomic E-state index is -1.34. The first kappa shape index (κ1) is 35.5. The molecule has 0 aliphatic carbocycles. The second-order valence-electron chi connectivity index (χ2n) is 13.6. The SMILES string of the molecule is CC(CC(C)(C)OOC(C)(C)C)OC(=O)NNC(=O)CCC(C)(OOCC(C)(C)C)OOCC(C)(C)C. The molecule has 0 fully saturated rings. The van der Waals surface area contributed by atoms with Crippen molar-refractivity contribution in [3.63, 3.8) is 0 Å². The van der Waals surface area contributed by atoms with E-state index < -0.39 is 35.1 Å². The van der Waals surface area contributed by atoms with Gasteiger partial charge in [-0.1, -0.05) is 41.5 Å². The molecule has 2 amide bonds. The Kier molecular flexibility index (Phi) is 14.0. The van der Waals surface area contributed by atoms with Crippen LogP contribution >= 0.6 is 0 Å². The number of carbonyl (C=O) groups is 2. The van der Waals surface area contributed by atoms with Gasteiger partial charge in [0.1, 0.15) is 11.7 Å². The zero-order valence-electron chi connectivity index (χ0n) is 25.3. The van der Waals surface area contributed by atoms with Crippen molar-refractivity contribution in [2.24, 2.45) is 10.8 Å². The van der Waals surface area contributed by atoms with Crippen molar-refractivity contribution in [3.05, 3.63) is 0 Å². The van der Waals surface area contributed by atoms with Crippen molar-refractivity contribution < 1.29 is 43.7 Å². The van der Waals surface area contributed by atoms with Gasteiger partial charge in [-0.3, -0.25) is 10.2 Å². The van der Waals surface area contributed by atoms with Crippen LogP contribution in [0.4, 0.5) is 4.79 Å². The highest BCUT2D eigenvalue weighted by atomic mass is 17.3. The maximum absolute atomic E-state index is 12.3. The Morgan fingerprint density at radius 3 is 1.62 bits per heavy atom. The Bertz CT molecular complexity index is 672. The van der Waals surface area contributed by atoms with Gasteiger partial charge in [0, 0.05) is 19.3 Å². The summed E-state index contributed by atoms with van der Waals surface area (Å²) >= 11 is 0. The van der Waals surface area contributed by atoms with Crippen LogP contribution in [-0.2, 0) is 38.9 Å². The van der Waals surface area contributed by atoms with Gasteiger partial charge in [-0.15, -0.1) is 0 Å². The topological polar surface area (TPSA) is 123 Å². The lowest BCUT2D eigenvalue weighted by atomic mass is 9.99. The number of carbonyl (C=O) groups excluding carboxylic acids is 2. The van der Waals surface area contributed by atoms with E-state index in [0.717, 1.165) is 0 Å². The van der Waals surface area contributed by atoms with Gasteiger partial charge in [0.25, 0.3) is 0 Å². The molecule has 11 heteroatoms. The molecule has 37 heavy (non-hydrogen) atoms. The van der Waals surface area contributed by atoms with E-state index in [4.69, 9.17) is 34.1 Å². The molecule has 0 aromatic carbocycles. The Balaban J connectivity index is 4.66. The molecule has 1 atom stereocenters. The van der Waals surface area contributed by atoms with Crippen LogP contribution in [0.1, 0.15) is 109 Å². The monoisotopic (exact) mass is 536 g/mol. The Morgan fingerprint density at radius 2 is 1.19 bits per heavy atom. The summed E-state index contributed by atoms with van der Waals surface area (Å²) in [7, 11) is 0. The summed E-state index contributed by atoms with van der Waals surface area (Å²) in [5.74, 6) is -1.82. The number of hydrogen-bond donors (Lipinski definition) is 2. The molecule has 11 nitrogen and oxygen atoms in total. The maximum atomic E-state index is 12.3. The summed E-state index contributed by atoms with van der Waals surface area (Å²) in [5, 5.41) is 0. The number of amides is 2. The summed E-state index contributed by atoms with van der Waals surface area (Å²) < 4.78 is 5.29. The summed E-state index contributed by atoms with van der Waals surface area (Å²) in [6, 6.07) is 0. The quantitative estimate of drug-likeness (QED) is 0.167. The molecule has 0 saturated carbocycles. The van der Waals surface area contributed by atoms with Gasteiger partial charge in [-0.2, -0.15) is 9.78 Å². The van der Waals surface area contributed by atoms with E-state index in [1.807, 2.05) is 76.2 Å². The predicted molar refractivity (Wildman–Crippen MR) is 138 cm³/mol. The maximum Gasteiger partial charge on any atom is 0.426 e. The second-order valence-corrected chi connectivity index (χ2v) is 13.6. The standard InChI is InChI=1S/C26H52N2O9/c1-19(16-25(11,12)35-34-24(8,9)10)33-21(30)28-27-20(29)14-15-26(13,36-31-17-22(2,3)4)37-32-18-23(5,6)7/h19H,14-18H2,1-13H3,(H,27,29)(H,28,30). The molecule has 0 aromatic rings. The molecular formula is C26H52N2O9. The van der Waals surface area contributed by atoms with E-state index in [1.54, 1.807) is 13.8 Å². The summed E-state index contributed by atoms with van der Waals surface area (Å²) in [4.78, 5) is 57.0. The third-order valence-electron chi connectivity index (χ3n) is 4.17. The lowest BCUT2D eigenvalue weighted by Crippen LogP contribution is -2.44. The van der Waals surface area contributed by atoms with Gasteiger partial charge < -0.3 is 4.74 Å². The summed E-state index contributed by atoms with van der Waals surface area (Å²) in [6.45, 7) is 25.2. The van der Waals surface area contributed by atoms with Crippen molar-refractivity contribution in [1.29, 1.82) is 0 Å². The van der Waals surface area contributed by atoms with Crippen LogP contribution in [0.5, 0.6) is 0 Å². The average Bonchev–Trinajstić information content (AvgIpc) is 2.66. The van der Waals surface area contributed by atoms with Crippen LogP contribution < -0.4 is 10.9 Å². The van der Waals surface area contributed by atoms with Crippen LogP contribution in [0.25, 0.3) is 0 Å². The summed E-state index contributed by atoms with van der Waals surface area (Å²) in [5.41, 5.74) is 3.14. The zero-order chi connectivity index (χ0) is 29.1. The smallest absolute Gasteiger partial charge is 0.426 e. The predicted octanol–water partition coefficient (Wildman–Crippen LogP) is 5.53. The first-order chi connectivity index (χ1) is 16.5. The molecule has 0 heterocycles. The third kappa shape index (κ3) is 21.2. The van der Waals surface area contributed by atoms with Crippen LogP contribution in [0.15, 0.2) is 0 Å². The van der Waals surface area contributed by atoms with E-state index in [-0.39, 0.29) is 23.7 Å². The Hall–Kier alpha value is -1.50. The molecule has 2 N–H and O–H groups in total. The lowest BCUT2D eigenvalue weighted by molar-refractivity contribution is -0.512. The van der Waals surface area contributed by atoms with Crippen molar-refractivity contribution in [3.8, 4) is 0 Å². The van der Waals surface area contributed by atoms with Gasteiger partial charge in [-0.25, -0.2) is 29.8 Å². The van der Waals surface area contributed by atoms with Gasteiger partial charge in [0.2, 0.25) is 11.7 Å². The van der Waals surface area contributed by atoms with Gasteiger partial charge >= 0.3 is 6.09 Å². The molecule has 0 aromatic heterocycles. The van der Waals surface area contributed by atoms with Gasteiger partial charge in [0.05, 0.1) is 18.8 Å². The third-order valence-corrected chi connectivity index (χ3v) is 4.17. The molecule has 0 spiro atoms. The highest BCUT2D eigenvalue weighted by Gasteiger charge is 2.32. The Morgan fingerprint density at radius 1 is 0.703 bits per heavy atom. The molecule has 1 unspecified atom stereocenters. The molecule has 0 aliphatic heterocycles. The minimum absolute atomic E-state index is 0.0465. The number of hydrazine groups is 1. The molecule has 0 aliphatic rings. The van der Waals surface area contributed by atoms with Crippen LogP contribution in [0.2, 0.25) is 0 Å². The first-order valence-corrected chi connectivity index (χ1v) is 12.7. The highest BCUT2D eigenvalue weighted by molar-refractivity contribution is 5.79. The summed E-state index contributed by atoms with van der Waals surface area (Å²) in [6.07, 6.45) is -0.874. The molecule has 220 valence electrons. The molecular weight excluding hydrogens is 484 g/mol. The van der Waals surface area contributed by atoms with E-state index in [1.165, 1.54) is 0 Å². The highest BCUT2D eigenvalue weighted by Crippen LogP contribution is 2.25. The number of hydrogen-bond acceptors (Lipinski definition) is 9. The van der Waals surface area contributed by atoms with E-state index >= 15 is 0 Å². The normalized spacial score (nSPS) is 14.3. The van der Waals surface area contributed by atoms with Gasteiger partial charge in [-0.05, 0) is 59.3 Å². The van der Waals surface area contributed by atoms with Crippen molar-refractivity contribution in [1.82, 2.24) is 10.9 Å². The number of ether oxygens (including phenoxy) is 1. The largest absolute Gasteiger partial charge is 0.445 e. The molecule has 0 rings (SSSR count). The average molecular weight is 537 g/mol. The molecule has 0 saturated heterocycles. The Labute approximate surface area is 223 Å². The number of rotatable bonds is 14. The van der Waals surface area contributed by atoms with Crippen molar-refractivity contribution in [2.75, 3.05) is 13.2 Å². The fourth-order valence-corrected chi connectivity index (χ4v) is 2.50. The van der Waals surface area contributed by atoms with E-state index in [2.05, 4.69) is 10.9 Å². The molecule has 0 radical (unpaired) electrons. The van der Waals surface area contributed by atoms with Crippen LogP contribution in [0, 0.1) is 10.8 Å². The van der Waals surface area contributed by atoms with Crippen LogP contribution in [0.3, 0.4) is 0 Å². The van der Waals surface area contributed by atoms with Crippen LogP contribution in [-0.4, -0.2) is 48.3 Å². The fourth-order valence-electron chi connectivity index (χ4n) is 2.50. The lowest BCUT2D eigenvalue weighted by Gasteiger charge is -2.30. The van der Waals surface area contributed by atoms with Crippen molar-refractivity contribution in [2.45, 2.75) is 132 Å². The fraction of sp³-hybridized carbons (Fsp3) is 0.923. The first-order valence-electron chi connectivity index (χ1n) is 12.7. The van der Waals surface area contributed by atoms with E-state index in [0.29, 0.717) is 19.6 Å². The van der Waals surface area contributed by atoms with E-state index in [9.17, 15) is 9.59 Å².